The molecule has 0 radical (unpaired) electrons. The average molecular weight is 479 g/mol. The Bertz CT molecular complexity index is 1150. The van der Waals surface area contributed by atoms with E-state index in [4.69, 9.17) is 10.5 Å². The van der Waals surface area contributed by atoms with E-state index in [9.17, 15) is 4.79 Å². The van der Waals surface area contributed by atoms with Crippen LogP contribution < -0.4 is 20.7 Å². The molecule has 1 aliphatic rings. The maximum absolute atomic E-state index is 13.4. The summed E-state index contributed by atoms with van der Waals surface area (Å²) in [7, 11) is 3.67. The number of aryl methyl sites for hydroxylation is 1. The van der Waals surface area contributed by atoms with Gasteiger partial charge in [-0.25, -0.2) is 0 Å². The van der Waals surface area contributed by atoms with Crippen LogP contribution in [0.2, 0.25) is 0 Å². The highest BCUT2D eigenvalue weighted by molar-refractivity contribution is 8.01. The van der Waals surface area contributed by atoms with Crippen molar-refractivity contribution >= 4 is 35.3 Å². The molecule has 2 aromatic carbocycles. The highest BCUT2D eigenvalue weighted by Gasteiger charge is 2.42. The normalized spacial score (nSPS) is 14.6. The summed E-state index contributed by atoms with van der Waals surface area (Å²) >= 11 is 1.67. The van der Waals surface area contributed by atoms with Crippen molar-refractivity contribution in [3.63, 3.8) is 0 Å². The van der Waals surface area contributed by atoms with Gasteiger partial charge in [-0.3, -0.25) is 4.79 Å². The molecule has 0 unspecified atom stereocenters. The first kappa shape index (κ1) is 23.8. The van der Waals surface area contributed by atoms with E-state index in [-0.39, 0.29) is 18.5 Å². The second-order valence-electron chi connectivity index (χ2n) is 8.69. The minimum absolute atomic E-state index is 0.0357. The third-order valence-electron chi connectivity index (χ3n) is 5.71. The summed E-state index contributed by atoms with van der Waals surface area (Å²) in [6.45, 7) is 2.20. The van der Waals surface area contributed by atoms with Crippen LogP contribution in [0.1, 0.15) is 37.1 Å². The molecular formula is C25H30N6O2S. The number of amides is 1. The number of benzene rings is 2. The number of aromatic nitrogens is 3. The monoisotopic (exact) mass is 478 g/mol. The van der Waals surface area contributed by atoms with Crippen molar-refractivity contribution in [1.82, 2.24) is 15.0 Å². The van der Waals surface area contributed by atoms with E-state index < -0.39 is 4.75 Å². The Morgan fingerprint density at radius 1 is 1.12 bits per heavy atom. The average Bonchev–Trinajstić information content (AvgIpc) is 3.29. The van der Waals surface area contributed by atoms with Crippen LogP contribution in [0.5, 0.6) is 5.75 Å². The van der Waals surface area contributed by atoms with Crippen molar-refractivity contribution in [2.24, 2.45) is 0 Å². The minimum atomic E-state index is -0.461. The smallest absolute Gasteiger partial charge is 0.240 e. The molecule has 0 bridgehead atoms. The van der Waals surface area contributed by atoms with Crippen LogP contribution >= 0.6 is 11.8 Å². The van der Waals surface area contributed by atoms with Crippen molar-refractivity contribution in [3.05, 3.63) is 59.9 Å². The third-order valence-corrected chi connectivity index (χ3v) is 7.20. The van der Waals surface area contributed by atoms with Crippen molar-refractivity contribution in [1.29, 1.82) is 0 Å². The lowest BCUT2D eigenvalue weighted by molar-refractivity contribution is -0.118. The Morgan fingerprint density at radius 3 is 2.56 bits per heavy atom. The Kier molecular flexibility index (Phi) is 7.21. The lowest BCUT2D eigenvalue weighted by Crippen LogP contribution is -2.37. The summed E-state index contributed by atoms with van der Waals surface area (Å²) in [5.41, 5.74) is 7.69. The largest absolute Gasteiger partial charge is 0.486 e. The minimum Gasteiger partial charge on any atom is -0.486 e. The number of nitrogens with zero attached hydrogens (tertiary/aromatic N) is 4. The molecule has 1 heterocycles. The summed E-state index contributed by atoms with van der Waals surface area (Å²) in [5, 5.41) is 3.12. The van der Waals surface area contributed by atoms with Crippen molar-refractivity contribution in [3.8, 4) is 5.75 Å². The number of carbonyl (C=O) groups excluding carboxylic acids is 1. The summed E-state index contributed by atoms with van der Waals surface area (Å²) in [6, 6.07) is 15.7. The van der Waals surface area contributed by atoms with E-state index in [1.165, 1.54) is 5.56 Å². The van der Waals surface area contributed by atoms with E-state index in [1.807, 2.05) is 38.4 Å². The Morgan fingerprint density at radius 2 is 1.85 bits per heavy atom. The molecule has 1 aliphatic carbocycles. The maximum Gasteiger partial charge on any atom is 0.240 e. The van der Waals surface area contributed by atoms with Crippen LogP contribution in [0.25, 0.3) is 0 Å². The lowest BCUT2D eigenvalue weighted by atomic mass is 10.1. The van der Waals surface area contributed by atoms with Crippen molar-refractivity contribution in [2.75, 3.05) is 30.0 Å². The standard InChI is InChI=1S/C25H30N6O2S/c1-17-9-11-20(12-10-17)34-25(13-4-5-14-25)22(32)27-18-7-6-8-19(15-18)33-16-21-28-23(26)30-24(29-21)31(2)3/h6-12,15H,4-5,13-14,16H2,1-3H3,(H,27,32)(H2,26,28,29,30). The van der Waals surface area contributed by atoms with Gasteiger partial charge in [0.15, 0.2) is 5.82 Å². The van der Waals surface area contributed by atoms with Gasteiger partial charge in [-0.15, -0.1) is 11.8 Å². The number of carbonyl (C=O) groups is 1. The molecule has 3 N–H and O–H groups in total. The van der Waals surface area contributed by atoms with Gasteiger partial charge in [0.25, 0.3) is 0 Å². The number of nitrogen functional groups attached to an aromatic ring is 1. The zero-order valence-electron chi connectivity index (χ0n) is 19.7. The zero-order valence-corrected chi connectivity index (χ0v) is 20.6. The number of hydrogen-bond acceptors (Lipinski definition) is 8. The van der Waals surface area contributed by atoms with Crippen LogP contribution in [0.3, 0.4) is 0 Å². The fraction of sp³-hybridized carbons (Fsp3) is 0.360. The number of ether oxygens (including phenoxy) is 1. The molecule has 3 aromatic rings. The van der Waals surface area contributed by atoms with E-state index in [1.54, 1.807) is 16.7 Å². The van der Waals surface area contributed by atoms with Gasteiger partial charge >= 0.3 is 0 Å². The van der Waals surface area contributed by atoms with Gasteiger partial charge in [0, 0.05) is 30.7 Å². The van der Waals surface area contributed by atoms with Crippen molar-refractivity contribution in [2.45, 2.75) is 48.9 Å². The summed E-state index contributed by atoms with van der Waals surface area (Å²) in [4.78, 5) is 28.9. The van der Waals surface area contributed by atoms with Gasteiger partial charge in [0.05, 0.1) is 4.75 Å². The first-order valence-electron chi connectivity index (χ1n) is 11.3. The van der Waals surface area contributed by atoms with Crippen LogP contribution in [-0.4, -0.2) is 39.7 Å². The van der Waals surface area contributed by atoms with Gasteiger partial charge in [-0.1, -0.05) is 36.6 Å². The maximum atomic E-state index is 13.4. The first-order valence-corrected chi connectivity index (χ1v) is 12.1. The van der Waals surface area contributed by atoms with Gasteiger partial charge in [-0.2, -0.15) is 15.0 Å². The molecule has 0 spiro atoms. The molecule has 9 heteroatoms. The Balaban J connectivity index is 1.44. The number of nitrogens with two attached hydrogens (primary N) is 1. The summed E-state index contributed by atoms with van der Waals surface area (Å²) < 4.78 is 5.42. The van der Waals surface area contributed by atoms with Gasteiger partial charge in [0.2, 0.25) is 17.8 Å². The molecule has 8 nitrogen and oxygen atoms in total. The van der Waals surface area contributed by atoms with E-state index >= 15 is 0 Å². The zero-order chi connectivity index (χ0) is 24.1. The van der Waals surface area contributed by atoms with Crippen molar-refractivity contribution < 1.29 is 9.53 Å². The number of rotatable bonds is 8. The number of nitrogens with one attached hydrogen (secondary N) is 1. The number of hydrogen-bond donors (Lipinski definition) is 2. The molecule has 0 atom stereocenters. The molecule has 1 aromatic heterocycles. The Hall–Kier alpha value is -3.33. The molecule has 178 valence electrons. The van der Waals surface area contributed by atoms with E-state index in [0.29, 0.717) is 23.2 Å². The third kappa shape index (κ3) is 5.77. The summed E-state index contributed by atoms with van der Waals surface area (Å²) in [5.74, 6) is 1.69. The predicted octanol–water partition coefficient (Wildman–Crippen LogP) is 4.45. The van der Waals surface area contributed by atoms with E-state index in [2.05, 4.69) is 51.5 Å². The fourth-order valence-electron chi connectivity index (χ4n) is 3.90. The van der Waals surface area contributed by atoms with Gasteiger partial charge in [-0.05, 0) is 44.0 Å². The molecular weight excluding hydrogens is 448 g/mol. The topological polar surface area (TPSA) is 106 Å². The first-order chi connectivity index (χ1) is 16.3. The summed E-state index contributed by atoms with van der Waals surface area (Å²) in [6.07, 6.45) is 3.84. The molecule has 1 fully saturated rings. The molecule has 1 saturated carbocycles. The van der Waals surface area contributed by atoms with Gasteiger partial charge < -0.3 is 20.7 Å². The van der Waals surface area contributed by atoms with Crippen LogP contribution in [0, 0.1) is 6.92 Å². The number of anilines is 3. The van der Waals surface area contributed by atoms with Crippen LogP contribution in [-0.2, 0) is 11.4 Å². The lowest BCUT2D eigenvalue weighted by Gasteiger charge is -2.27. The quantitative estimate of drug-likeness (QED) is 0.489. The molecule has 0 saturated heterocycles. The SMILES string of the molecule is Cc1ccc(SC2(C(=O)Nc3cccc(OCc4nc(N)nc(N(C)C)n4)c3)CCCC2)cc1. The van der Waals surface area contributed by atoms with Crippen LogP contribution in [0.15, 0.2) is 53.4 Å². The second kappa shape index (κ2) is 10.3. The molecule has 1 amide bonds. The van der Waals surface area contributed by atoms with Crippen LogP contribution in [0.4, 0.5) is 17.6 Å². The number of thioether (sulfide) groups is 1. The molecule has 0 aliphatic heterocycles. The second-order valence-corrected chi connectivity index (χ2v) is 10.1. The predicted molar refractivity (Wildman–Crippen MR) is 136 cm³/mol. The molecule has 4 rings (SSSR count). The highest BCUT2D eigenvalue weighted by Crippen LogP contribution is 2.46. The Labute approximate surface area is 204 Å². The fourth-order valence-corrected chi connectivity index (χ4v) is 5.26. The van der Waals surface area contributed by atoms with E-state index in [0.717, 1.165) is 30.6 Å². The molecule has 34 heavy (non-hydrogen) atoms. The van der Waals surface area contributed by atoms with Gasteiger partial charge in [0.1, 0.15) is 12.4 Å². The highest BCUT2D eigenvalue weighted by atomic mass is 32.2.